The van der Waals surface area contributed by atoms with Gasteiger partial charge in [-0.25, -0.2) is 4.79 Å². The highest BCUT2D eigenvalue weighted by Crippen LogP contribution is 2.53. The van der Waals surface area contributed by atoms with Crippen molar-refractivity contribution in [3.8, 4) is 0 Å². The first-order chi connectivity index (χ1) is 16.4. The number of amides is 2. The summed E-state index contributed by atoms with van der Waals surface area (Å²) < 4.78 is 0. The van der Waals surface area contributed by atoms with Crippen molar-refractivity contribution in [2.45, 2.75) is 43.7 Å². The van der Waals surface area contributed by atoms with E-state index in [1.54, 1.807) is 29.2 Å². The Balaban J connectivity index is 1.17. The van der Waals surface area contributed by atoms with Crippen LogP contribution in [0.15, 0.2) is 48.5 Å². The molecule has 6 rings (SSSR count). The van der Waals surface area contributed by atoms with Crippen molar-refractivity contribution in [3.63, 3.8) is 0 Å². The molecule has 1 saturated heterocycles. The van der Waals surface area contributed by atoms with Crippen LogP contribution in [0, 0.1) is 11.8 Å². The van der Waals surface area contributed by atoms with Gasteiger partial charge >= 0.3 is 6.09 Å². The Hall–Kier alpha value is -3.39. The number of nitrogens with zero attached hydrogens (tertiary/aromatic N) is 3. The lowest BCUT2D eigenvalue weighted by molar-refractivity contribution is -0.123. The van der Waals surface area contributed by atoms with E-state index in [1.807, 2.05) is 24.3 Å². The maximum absolute atomic E-state index is 13.2. The van der Waals surface area contributed by atoms with Crippen molar-refractivity contribution in [2.75, 3.05) is 0 Å². The molecule has 0 unspecified atom stereocenters. The molecule has 2 N–H and O–H groups in total. The average Bonchev–Trinajstić information content (AvgIpc) is 3.69. The van der Waals surface area contributed by atoms with E-state index in [0.717, 1.165) is 28.3 Å². The number of piperidine rings is 1. The molecule has 3 aliphatic rings. The Morgan fingerprint density at radius 2 is 1.82 bits per heavy atom. The third kappa shape index (κ3) is 3.53. The summed E-state index contributed by atoms with van der Waals surface area (Å²) in [5.74, 6) is 0.217. The Morgan fingerprint density at radius 1 is 1.06 bits per heavy atom. The number of carbonyl (C=O) groups excluding carboxylic acids is 3. The maximum Gasteiger partial charge on any atom is 0.436 e. The zero-order valence-electron chi connectivity index (χ0n) is 18.3. The van der Waals surface area contributed by atoms with Crippen LogP contribution in [0.25, 0.3) is 10.9 Å². The highest BCUT2D eigenvalue weighted by Gasteiger charge is 2.57. The fraction of sp³-hybridized carbons (Fsp3) is 0.360. The number of primary amides is 1. The molecule has 2 saturated carbocycles. The molecule has 2 heterocycles. The standard InChI is InChI=1S/C25H23ClN4O4/c26-18-7-3-1-5-15(18)17-9-13(17)12-22(31)21-11-14-10-20(14)29(21)25(33)34-30-19-8-4-2-6-16(19)23(28-30)24(27)32/h1-8,13-14,17,20-21H,9-12H2,(H2,27,32)/t13-,14+,17+,20+,21-/m0/s1. The van der Waals surface area contributed by atoms with Crippen LogP contribution < -0.4 is 10.6 Å². The van der Waals surface area contributed by atoms with Gasteiger partial charge in [-0.15, -0.1) is 5.10 Å². The highest BCUT2D eigenvalue weighted by atomic mass is 35.5. The number of rotatable bonds is 6. The van der Waals surface area contributed by atoms with Crippen LogP contribution in [-0.2, 0) is 4.79 Å². The number of halogens is 1. The first kappa shape index (κ1) is 21.2. The summed E-state index contributed by atoms with van der Waals surface area (Å²) in [7, 11) is 0. The number of likely N-dealkylation sites (tertiary alicyclic amines) is 1. The number of fused-ring (bicyclic) bond motifs is 2. The fourth-order valence-electron chi connectivity index (χ4n) is 5.44. The second kappa shape index (κ2) is 7.84. The minimum atomic E-state index is -0.708. The number of hydrogen-bond acceptors (Lipinski definition) is 5. The van der Waals surface area contributed by atoms with Gasteiger partial charge < -0.3 is 5.73 Å². The monoisotopic (exact) mass is 478 g/mol. The molecule has 2 aliphatic carbocycles. The van der Waals surface area contributed by atoms with Crippen molar-refractivity contribution in [2.24, 2.45) is 17.6 Å². The largest absolute Gasteiger partial charge is 0.436 e. The van der Waals surface area contributed by atoms with Crippen molar-refractivity contribution in [1.29, 1.82) is 0 Å². The third-order valence-corrected chi connectivity index (χ3v) is 7.68. The van der Waals surface area contributed by atoms with E-state index in [4.69, 9.17) is 22.2 Å². The van der Waals surface area contributed by atoms with Gasteiger partial charge in [-0.1, -0.05) is 52.8 Å². The van der Waals surface area contributed by atoms with Gasteiger partial charge in [0.2, 0.25) is 0 Å². The summed E-state index contributed by atoms with van der Waals surface area (Å²) in [6.07, 6.45) is 2.24. The van der Waals surface area contributed by atoms with E-state index in [9.17, 15) is 14.4 Å². The Kier molecular flexibility index (Phi) is 4.88. The summed E-state index contributed by atoms with van der Waals surface area (Å²) >= 11 is 6.33. The normalized spacial score (nSPS) is 26.9. The molecule has 3 aromatic rings. The van der Waals surface area contributed by atoms with Gasteiger partial charge in [-0.05, 0) is 54.7 Å². The number of carbonyl (C=O) groups is 3. The number of Topliss-reactive ketones (excluding diaryl/α,β-unsaturated/α-hetero) is 1. The third-order valence-electron chi connectivity index (χ3n) is 7.33. The molecule has 9 heteroatoms. The van der Waals surface area contributed by atoms with E-state index < -0.39 is 18.0 Å². The van der Waals surface area contributed by atoms with Crippen molar-refractivity contribution in [1.82, 2.24) is 14.8 Å². The lowest BCUT2D eigenvalue weighted by Gasteiger charge is -2.25. The SMILES string of the molecule is NC(=O)c1nn(OC(=O)N2[C@@H]3C[C@@H]3C[C@H]2C(=O)C[C@@H]2C[C@H]2c2ccccc2Cl)c2ccccc12. The number of hydrogen-bond donors (Lipinski definition) is 1. The number of ketones is 1. The van der Waals surface area contributed by atoms with Crippen LogP contribution in [0.3, 0.4) is 0 Å². The molecule has 174 valence electrons. The van der Waals surface area contributed by atoms with E-state index in [1.165, 1.54) is 0 Å². The van der Waals surface area contributed by atoms with Crippen LogP contribution in [0.5, 0.6) is 0 Å². The van der Waals surface area contributed by atoms with Gasteiger partial charge in [0.1, 0.15) is 5.52 Å². The zero-order chi connectivity index (χ0) is 23.6. The second-order valence-corrected chi connectivity index (χ2v) is 9.88. The summed E-state index contributed by atoms with van der Waals surface area (Å²) in [5, 5.41) is 5.33. The maximum atomic E-state index is 13.2. The molecule has 2 amide bonds. The molecule has 0 bridgehead atoms. The molecule has 0 radical (unpaired) electrons. The predicted molar refractivity (Wildman–Crippen MR) is 124 cm³/mol. The molecular weight excluding hydrogens is 456 g/mol. The Labute approximate surface area is 200 Å². The highest BCUT2D eigenvalue weighted by molar-refractivity contribution is 6.31. The number of aromatic nitrogens is 2. The van der Waals surface area contributed by atoms with Crippen LogP contribution >= 0.6 is 11.6 Å². The minimum Gasteiger partial charge on any atom is -0.364 e. The summed E-state index contributed by atoms with van der Waals surface area (Å²) in [5.41, 5.74) is 7.01. The average molecular weight is 479 g/mol. The van der Waals surface area contributed by atoms with Crippen LogP contribution in [0.4, 0.5) is 4.79 Å². The first-order valence-electron chi connectivity index (χ1n) is 11.5. The molecule has 1 aliphatic heterocycles. The molecule has 34 heavy (non-hydrogen) atoms. The van der Waals surface area contributed by atoms with Gasteiger partial charge in [-0.2, -0.15) is 0 Å². The number of benzene rings is 2. The minimum absolute atomic E-state index is 0.0115. The van der Waals surface area contributed by atoms with Gasteiger partial charge in [0, 0.05) is 22.9 Å². The van der Waals surface area contributed by atoms with Gasteiger partial charge in [-0.3, -0.25) is 19.3 Å². The Bertz CT molecular complexity index is 1340. The second-order valence-electron chi connectivity index (χ2n) is 9.48. The molecule has 5 atom stereocenters. The van der Waals surface area contributed by atoms with Gasteiger partial charge in [0.05, 0.1) is 6.04 Å². The summed E-state index contributed by atoms with van der Waals surface area (Å²) in [6.45, 7) is 0. The van der Waals surface area contributed by atoms with Gasteiger partial charge in [0.25, 0.3) is 5.91 Å². The molecule has 1 aromatic heterocycles. The topological polar surface area (TPSA) is 108 Å². The van der Waals surface area contributed by atoms with Gasteiger partial charge in [0.15, 0.2) is 11.5 Å². The first-order valence-corrected chi connectivity index (χ1v) is 11.9. The lowest BCUT2D eigenvalue weighted by Crippen LogP contribution is -2.46. The molecule has 2 aromatic carbocycles. The van der Waals surface area contributed by atoms with Crippen LogP contribution in [0.1, 0.15) is 47.7 Å². The van der Waals surface area contributed by atoms with Crippen LogP contribution in [0.2, 0.25) is 5.02 Å². The number of nitrogens with two attached hydrogens (primary N) is 1. The van der Waals surface area contributed by atoms with Crippen molar-refractivity contribution >= 4 is 40.3 Å². The zero-order valence-corrected chi connectivity index (χ0v) is 19.0. The summed E-state index contributed by atoms with van der Waals surface area (Å²) in [6, 6.07) is 14.1. The van der Waals surface area contributed by atoms with E-state index in [2.05, 4.69) is 5.10 Å². The van der Waals surface area contributed by atoms with Crippen LogP contribution in [-0.4, -0.2) is 44.7 Å². The number of para-hydroxylation sites is 1. The van der Waals surface area contributed by atoms with Crippen molar-refractivity contribution < 1.29 is 19.2 Å². The van der Waals surface area contributed by atoms with Crippen molar-refractivity contribution in [3.05, 3.63) is 64.8 Å². The lowest BCUT2D eigenvalue weighted by atomic mass is 10.0. The summed E-state index contributed by atoms with van der Waals surface area (Å²) in [4.78, 5) is 46.3. The van der Waals surface area contributed by atoms with E-state index in [0.29, 0.717) is 29.7 Å². The molecule has 0 spiro atoms. The van der Waals surface area contributed by atoms with E-state index in [-0.39, 0.29) is 29.4 Å². The molecular formula is C25H23ClN4O4. The van der Waals surface area contributed by atoms with E-state index >= 15 is 0 Å². The smallest absolute Gasteiger partial charge is 0.364 e. The Morgan fingerprint density at radius 3 is 2.62 bits per heavy atom. The fourth-order valence-corrected chi connectivity index (χ4v) is 5.72. The quantitative estimate of drug-likeness (QED) is 0.582. The molecule has 3 fully saturated rings. The molecule has 8 nitrogen and oxygen atoms in total. The predicted octanol–water partition coefficient (Wildman–Crippen LogP) is 3.56.